The highest BCUT2D eigenvalue weighted by Gasteiger charge is 2.37. The van der Waals surface area contributed by atoms with Crippen LogP contribution in [0, 0.1) is 0 Å². The average Bonchev–Trinajstić information content (AvgIpc) is 1.95. The highest BCUT2D eigenvalue weighted by Crippen LogP contribution is 2.29. The van der Waals surface area contributed by atoms with Crippen molar-refractivity contribution in [2.45, 2.75) is 51.1 Å². The Morgan fingerprint density at radius 3 is 1.81 bits per heavy atom. The van der Waals surface area contributed by atoms with Crippen molar-refractivity contribution in [2.24, 2.45) is 0 Å². The van der Waals surface area contributed by atoms with Crippen LogP contribution >= 0.6 is 0 Å². The van der Waals surface area contributed by atoms with Crippen LogP contribution < -0.4 is 0 Å². The molecular formula is C10H16O6. The number of rotatable bonds is 4. The van der Waals surface area contributed by atoms with Crippen LogP contribution in [0.4, 0.5) is 0 Å². The van der Waals surface area contributed by atoms with Gasteiger partial charge in [0.2, 0.25) is 0 Å². The molecule has 2 N–H and O–H groups in total. The van der Waals surface area contributed by atoms with Crippen molar-refractivity contribution >= 4 is 11.9 Å². The summed E-state index contributed by atoms with van der Waals surface area (Å²) in [6.07, 6.45) is -0.968. The van der Waals surface area contributed by atoms with E-state index in [1.807, 2.05) is 0 Å². The standard InChI is InChI=1S/C10H16O6/c1-10(2)15-6(4-8(11)12)3-7(16-10)5-9(13)14/h6-7H,3-5H2,1-2H3,(H,11,12)(H,13,14)/t6-,7+. The van der Waals surface area contributed by atoms with Crippen LogP contribution in [0.3, 0.4) is 0 Å². The number of carboxylic acids is 2. The van der Waals surface area contributed by atoms with Crippen LogP contribution in [0.25, 0.3) is 0 Å². The fourth-order valence-corrected chi connectivity index (χ4v) is 1.86. The first kappa shape index (κ1) is 12.9. The molecule has 1 rings (SSSR count). The summed E-state index contributed by atoms with van der Waals surface area (Å²) in [5, 5.41) is 17.3. The SMILES string of the molecule is CC1(C)O[C@H](CC(=O)O)C[C@H](CC(=O)O)O1. The number of hydrogen-bond acceptors (Lipinski definition) is 4. The predicted molar refractivity (Wildman–Crippen MR) is 52.9 cm³/mol. The van der Waals surface area contributed by atoms with E-state index < -0.39 is 29.9 Å². The van der Waals surface area contributed by atoms with Gasteiger partial charge in [-0.05, 0) is 13.8 Å². The van der Waals surface area contributed by atoms with Crippen LogP contribution in [0.1, 0.15) is 33.1 Å². The Hall–Kier alpha value is -1.14. The summed E-state index contributed by atoms with van der Waals surface area (Å²) in [7, 11) is 0. The molecule has 2 atom stereocenters. The fraction of sp³-hybridized carbons (Fsp3) is 0.800. The summed E-state index contributed by atoms with van der Waals surface area (Å²) in [6, 6.07) is 0. The van der Waals surface area contributed by atoms with Crippen LogP contribution in [0.2, 0.25) is 0 Å². The Kier molecular flexibility index (Phi) is 3.88. The summed E-state index contributed by atoms with van der Waals surface area (Å²) < 4.78 is 10.8. The van der Waals surface area contributed by atoms with E-state index in [-0.39, 0.29) is 12.8 Å². The van der Waals surface area contributed by atoms with Crippen molar-refractivity contribution in [3.63, 3.8) is 0 Å². The van der Waals surface area contributed by atoms with E-state index in [2.05, 4.69) is 0 Å². The van der Waals surface area contributed by atoms with Crippen LogP contribution in [-0.2, 0) is 19.1 Å². The molecule has 0 radical (unpaired) electrons. The molecule has 1 fully saturated rings. The van der Waals surface area contributed by atoms with Crippen LogP contribution in [0.15, 0.2) is 0 Å². The van der Waals surface area contributed by atoms with Gasteiger partial charge in [0.1, 0.15) is 0 Å². The Labute approximate surface area is 93.2 Å². The van der Waals surface area contributed by atoms with Crippen molar-refractivity contribution in [2.75, 3.05) is 0 Å². The molecule has 1 saturated heterocycles. The maximum atomic E-state index is 10.6. The predicted octanol–water partition coefficient (Wildman–Crippen LogP) is 0.846. The minimum Gasteiger partial charge on any atom is -0.481 e. The zero-order valence-corrected chi connectivity index (χ0v) is 9.30. The van der Waals surface area contributed by atoms with Gasteiger partial charge < -0.3 is 19.7 Å². The van der Waals surface area contributed by atoms with Gasteiger partial charge in [0.15, 0.2) is 5.79 Å². The molecule has 92 valence electrons. The average molecular weight is 232 g/mol. The second-order valence-corrected chi connectivity index (χ2v) is 4.31. The van der Waals surface area contributed by atoms with Crippen LogP contribution in [-0.4, -0.2) is 40.1 Å². The number of ether oxygens (including phenoxy) is 2. The quantitative estimate of drug-likeness (QED) is 0.746. The highest BCUT2D eigenvalue weighted by atomic mass is 16.7. The molecule has 16 heavy (non-hydrogen) atoms. The highest BCUT2D eigenvalue weighted by molar-refractivity contribution is 5.68. The normalized spacial score (nSPS) is 28.6. The van der Waals surface area contributed by atoms with Gasteiger partial charge in [0.05, 0.1) is 25.0 Å². The van der Waals surface area contributed by atoms with Gasteiger partial charge in [-0.25, -0.2) is 0 Å². The third-order valence-corrected chi connectivity index (χ3v) is 2.23. The van der Waals surface area contributed by atoms with Crippen molar-refractivity contribution < 1.29 is 29.3 Å². The molecule has 0 bridgehead atoms. The summed E-state index contributed by atoms with van der Waals surface area (Å²) in [4.78, 5) is 21.1. The van der Waals surface area contributed by atoms with Gasteiger partial charge in [-0.1, -0.05) is 0 Å². The van der Waals surface area contributed by atoms with Gasteiger partial charge in [0.25, 0.3) is 0 Å². The van der Waals surface area contributed by atoms with Crippen molar-refractivity contribution in [3.05, 3.63) is 0 Å². The van der Waals surface area contributed by atoms with E-state index in [1.165, 1.54) is 0 Å². The van der Waals surface area contributed by atoms with E-state index in [0.29, 0.717) is 6.42 Å². The third kappa shape index (κ3) is 4.16. The molecule has 0 spiro atoms. The summed E-state index contributed by atoms with van der Waals surface area (Å²) in [5.74, 6) is -2.85. The minimum absolute atomic E-state index is 0.136. The number of aliphatic carboxylic acids is 2. The summed E-state index contributed by atoms with van der Waals surface area (Å²) >= 11 is 0. The van der Waals surface area contributed by atoms with Crippen molar-refractivity contribution in [1.29, 1.82) is 0 Å². The second kappa shape index (κ2) is 4.80. The Bertz CT molecular complexity index is 259. The van der Waals surface area contributed by atoms with Crippen molar-refractivity contribution in [3.8, 4) is 0 Å². The first-order valence-corrected chi connectivity index (χ1v) is 5.08. The Balaban J connectivity index is 2.61. The molecule has 0 aromatic carbocycles. The smallest absolute Gasteiger partial charge is 0.305 e. The van der Waals surface area contributed by atoms with Crippen LogP contribution in [0.5, 0.6) is 0 Å². The molecule has 1 aliphatic heterocycles. The molecule has 0 aromatic rings. The van der Waals surface area contributed by atoms with E-state index in [4.69, 9.17) is 19.7 Å². The number of hydrogen-bond donors (Lipinski definition) is 2. The van der Waals surface area contributed by atoms with Gasteiger partial charge in [-0.15, -0.1) is 0 Å². The van der Waals surface area contributed by atoms with Gasteiger partial charge in [-0.3, -0.25) is 9.59 Å². The summed E-state index contributed by atoms with van der Waals surface area (Å²) in [5.41, 5.74) is 0. The zero-order valence-electron chi connectivity index (χ0n) is 9.30. The number of carboxylic acid groups (broad SMARTS) is 2. The van der Waals surface area contributed by atoms with E-state index in [0.717, 1.165) is 0 Å². The molecule has 1 aliphatic rings. The zero-order chi connectivity index (χ0) is 12.3. The van der Waals surface area contributed by atoms with Gasteiger partial charge in [0, 0.05) is 6.42 Å². The number of carbonyl (C=O) groups is 2. The molecule has 6 nitrogen and oxygen atoms in total. The molecule has 0 amide bonds. The minimum atomic E-state index is -0.961. The Morgan fingerprint density at radius 1 is 1.12 bits per heavy atom. The first-order chi connectivity index (χ1) is 7.28. The molecule has 6 heteroatoms. The lowest BCUT2D eigenvalue weighted by Gasteiger charge is -2.40. The van der Waals surface area contributed by atoms with Crippen molar-refractivity contribution in [1.82, 2.24) is 0 Å². The van der Waals surface area contributed by atoms with Gasteiger partial charge in [-0.2, -0.15) is 0 Å². The fourth-order valence-electron chi connectivity index (χ4n) is 1.86. The summed E-state index contributed by atoms with van der Waals surface area (Å²) in [6.45, 7) is 3.30. The van der Waals surface area contributed by atoms with E-state index in [1.54, 1.807) is 13.8 Å². The maximum Gasteiger partial charge on any atom is 0.305 e. The largest absolute Gasteiger partial charge is 0.481 e. The maximum absolute atomic E-state index is 10.6. The lowest BCUT2D eigenvalue weighted by Crippen LogP contribution is -2.45. The van der Waals surface area contributed by atoms with E-state index in [9.17, 15) is 9.59 Å². The Morgan fingerprint density at radius 2 is 1.50 bits per heavy atom. The molecule has 0 aliphatic carbocycles. The molecule has 0 unspecified atom stereocenters. The van der Waals surface area contributed by atoms with Gasteiger partial charge >= 0.3 is 11.9 Å². The molecule has 1 heterocycles. The lowest BCUT2D eigenvalue weighted by molar-refractivity contribution is -0.299. The lowest BCUT2D eigenvalue weighted by atomic mass is 10.0. The topological polar surface area (TPSA) is 93.1 Å². The first-order valence-electron chi connectivity index (χ1n) is 5.08. The second-order valence-electron chi connectivity index (χ2n) is 4.31. The molecule has 0 aromatic heterocycles. The monoisotopic (exact) mass is 232 g/mol. The van der Waals surface area contributed by atoms with E-state index >= 15 is 0 Å². The molecule has 0 saturated carbocycles. The third-order valence-electron chi connectivity index (χ3n) is 2.23. The molecular weight excluding hydrogens is 216 g/mol.